The van der Waals surface area contributed by atoms with Crippen LogP contribution in [0, 0.1) is 5.41 Å². The van der Waals surface area contributed by atoms with Gasteiger partial charge in [0, 0.05) is 0 Å². The molecule has 0 aliphatic rings. The van der Waals surface area contributed by atoms with Crippen LogP contribution in [0.1, 0.15) is 38.3 Å². The zero-order chi connectivity index (χ0) is 14.0. The summed E-state index contributed by atoms with van der Waals surface area (Å²) >= 11 is 0. The smallest absolute Gasteiger partial charge is 0.393 e. The van der Waals surface area contributed by atoms with Crippen molar-refractivity contribution in [2.24, 2.45) is 5.41 Å². The van der Waals surface area contributed by atoms with Crippen LogP contribution < -0.4 is 0 Å². The van der Waals surface area contributed by atoms with Gasteiger partial charge in [0.05, 0.1) is 11.7 Å². The fourth-order valence-electron chi connectivity index (χ4n) is 1.64. The molecule has 1 atom stereocenters. The maximum Gasteiger partial charge on any atom is 0.416 e. The van der Waals surface area contributed by atoms with Crippen LogP contribution in [-0.2, 0) is 12.6 Å². The summed E-state index contributed by atoms with van der Waals surface area (Å²) in [5.41, 5.74) is -0.278. The van der Waals surface area contributed by atoms with Crippen molar-refractivity contribution in [3.63, 3.8) is 0 Å². The Labute approximate surface area is 106 Å². The minimum absolute atomic E-state index is 0.248. The second-order valence-corrected chi connectivity index (χ2v) is 5.62. The third-order valence-electron chi connectivity index (χ3n) is 2.96. The molecule has 0 radical (unpaired) electrons. The molecule has 1 nitrogen and oxygen atoms in total. The Balaban J connectivity index is 2.69. The van der Waals surface area contributed by atoms with Crippen LogP contribution in [0.4, 0.5) is 13.2 Å². The average molecular weight is 260 g/mol. The van der Waals surface area contributed by atoms with E-state index in [1.807, 2.05) is 20.8 Å². The van der Waals surface area contributed by atoms with E-state index in [9.17, 15) is 18.3 Å². The molecule has 0 spiro atoms. The van der Waals surface area contributed by atoms with E-state index in [1.54, 1.807) is 6.07 Å². The number of hydrogen-bond donors (Lipinski definition) is 1. The molecule has 0 fully saturated rings. The van der Waals surface area contributed by atoms with Crippen LogP contribution in [0.15, 0.2) is 24.3 Å². The van der Waals surface area contributed by atoms with E-state index in [1.165, 1.54) is 6.07 Å². The van der Waals surface area contributed by atoms with Gasteiger partial charge in [0.15, 0.2) is 0 Å². The lowest BCUT2D eigenvalue weighted by Crippen LogP contribution is -2.26. The van der Waals surface area contributed by atoms with Gasteiger partial charge in [0.25, 0.3) is 0 Å². The summed E-state index contributed by atoms with van der Waals surface area (Å²) in [4.78, 5) is 0. The predicted molar refractivity (Wildman–Crippen MR) is 65.2 cm³/mol. The van der Waals surface area contributed by atoms with Gasteiger partial charge < -0.3 is 5.11 Å². The van der Waals surface area contributed by atoms with Gasteiger partial charge in [-0.3, -0.25) is 0 Å². The largest absolute Gasteiger partial charge is 0.416 e. The third kappa shape index (κ3) is 4.33. The molecule has 0 saturated heterocycles. The Morgan fingerprint density at radius 2 is 1.78 bits per heavy atom. The minimum Gasteiger partial charge on any atom is -0.393 e. The summed E-state index contributed by atoms with van der Waals surface area (Å²) in [7, 11) is 0. The van der Waals surface area contributed by atoms with Crippen molar-refractivity contribution >= 4 is 0 Å². The van der Waals surface area contributed by atoms with E-state index < -0.39 is 17.8 Å². The number of aliphatic hydroxyl groups excluding tert-OH is 1. The molecule has 0 amide bonds. The highest BCUT2D eigenvalue weighted by Crippen LogP contribution is 2.30. The van der Waals surface area contributed by atoms with Crippen LogP contribution >= 0.6 is 0 Å². The number of halogens is 3. The standard InChI is InChI=1S/C14H19F3O/c1-13(2,3)12(18)8-7-10-5-4-6-11(9-10)14(15,16)17/h4-6,9,12,18H,7-8H2,1-3H3. The molecule has 1 unspecified atom stereocenters. The van der Waals surface area contributed by atoms with Crippen LogP contribution in [0.2, 0.25) is 0 Å². The van der Waals surface area contributed by atoms with Crippen molar-refractivity contribution in [1.29, 1.82) is 0 Å². The van der Waals surface area contributed by atoms with Gasteiger partial charge in [-0.05, 0) is 29.9 Å². The summed E-state index contributed by atoms with van der Waals surface area (Å²) in [5.74, 6) is 0. The van der Waals surface area contributed by atoms with Gasteiger partial charge in [0.2, 0.25) is 0 Å². The highest BCUT2D eigenvalue weighted by molar-refractivity contribution is 5.25. The third-order valence-corrected chi connectivity index (χ3v) is 2.96. The molecule has 0 saturated carbocycles. The van der Waals surface area contributed by atoms with Crippen LogP contribution in [-0.4, -0.2) is 11.2 Å². The monoisotopic (exact) mass is 260 g/mol. The molecule has 0 aromatic heterocycles. The predicted octanol–water partition coefficient (Wildman–Crippen LogP) is 4.05. The van der Waals surface area contributed by atoms with E-state index in [4.69, 9.17) is 0 Å². The molecule has 1 N–H and O–H groups in total. The zero-order valence-corrected chi connectivity index (χ0v) is 10.9. The lowest BCUT2D eigenvalue weighted by atomic mass is 9.85. The first-order valence-electron chi connectivity index (χ1n) is 5.95. The quantitative estimate of drug-likeness (QED) is 0.869. The number of aryl methyl sites for hydroxylation is 1. The fourth-order valence-corrected chi connectivity index (χ4v) is 1.64. The molecule has 0 bridgehead atoms. The fraction of sp³-hybridized carbons (Fsp3) is 0.571. The van der Waals surface area contributed by atoms with Crippen molar-refractivity contribution < 1.29 is 18.3 Å². The molecule has 0 heterocycles. The Bertz CT molecular complexity index is 391. The first-order chi connectivity index (χ1) is 8.10. The summed E-state index contributed by atoms with van der Waals surface area (Å²) < 4.78 is 37.5. The number of hydrogen-bond acceptors (Lipinski definition) is 1. The summed E-state index contributed by atoms with van der Waals surface area (Å²) in [6.45, 7) is 5.72. The number of rotatable bonds is 3. The molecule has 1 aromatic carbocycles. The van der Waals surface area contributed by atoms with Crippen molar-refractivity contribution in [3.8, 4) is 0 Å². The SMILES string of the molecule is CC(C)(C)C(O)CCc1cccc(C(F)(F)F)c1. The highest BCUT2D eigenvalue weighted by Gasteiger charge is 2.30. The second kappa shape index (κ2) is 5.31. The Hall–Kier alpha value is -1.03. The van der Waals surface area contributed by atoms with Gasteiger partial charge in [-0.25, -0.2) is 0 Å². The van der Waals surface area contributed by atoms with Crippen molar-refractivity contribution in [1.82, 2.24) is 0 Å². The van der Waals surface area contributed by atoms with Crippen LogP contribution in [0.5, 0.6) is 0 Å². The van der Waals surface area contributed by atoms with Crippen LogP contribution in [0.3, 0.4) is 0 Å². The van der Waals surface area contributed by atoms with E-state index in [-0.39, 0.29) is 5.41 Å². The molecular weight excluding hydrogens is 241 g/mol. The van der Waals surface area contributed by atoms with E-state index in [0.29, 0.717) is 18.4 Å². The molecule has 0 aliphatic carbocycles. The van der Waals surface area contributed by atoms with E-state index >= 15 is 0 Å². The van der Waals surface area contributed by atoms with Crippen molar-refractivity contribution in [2.45, 2.75) is 45.9 Å². The normalized spacial score (nSPS) is 14.6. The molecule has 1 aromatic rings. The summed E-state index contributed by atoms with van der Waals surface area (Å²) in [6.07, 6.45) is -3.92. The first-order valence-corrected chi connectivity index (χ1v) is 5.95. The number of benzene rings is 1. The molecule has 18 heavy (non-hydrogen) atoms. The maximum absolute atomic E-state index is 12.5. The summed E-state index contributed by atoms with van der Waals surface area (Å²) in [6, 6.07) is 5.27. The number of alkyl halides is 3. The first kappa shape index (κ1) is 15.0. The second-order valence-electron chi connectivity index (χ2n) is 5.62. The Kier molecular flexibility index (Phi) is 4.43. The lowest BCUT2D eigenvalue weighted by Gasteiger charge is -2.25. The maximum atomic E-state index is 12.5. The van der Waals surface area contributed by atoms with Gasteiger partial charge in [-0.15, -0.1) is 0 Å². The average Bonchev–Trinajstić information content (AvgIpc) is 2.23. The van der Waals surface area contributed by atoms with E-state index in [0.717, 1.165) is 12.1 Å². The zero-order valence-electron chi connectivity index (χ0n) is 10.9. The lowest BCUT2D eigenvalue weighted by molar-refractivity contribution is -0.137. The van der Waals surface area contributed by atoms with Crippen LogP contribution in [0.25, 0.3) is 0 Å². The Morgan fingerprint density at radius 3 is 2.28 bits per heavy atom. The van der Waals surface area contributed by atoms with Crippen molar-refractivity contribution in [2.75, 3.05) is 0 Å². The molecule has 102 valence electrons. The Morgan fingerprint density at radius 1 is 1.17 bits per heavy atom. The van der Waals surface area contributed by atoms with Gasteiger partial charge in [0.1, 0.15) is 0 Å². The van der Waals surface area contributed by atoms with Gasteiger partial charge >= 0.3 is 6.18 Å². The molecular formula is C14H19F3O. The molecule has 1 rings (SSSR count). The minimum atomic E-state index is -4.31. The number of aliphatic hydroxyl groups is 1. The van der Waals surface area contributed by atoms with E-state index in [2.05, 4.69) is 0 Å². The van der Waals surface area contributed by atoms with Gasteiger partial charge in [-0.1, -0.05) is 39.0 Å². The topological polar surface area (TPSA) is 20.2 Å². The molecule has 0 aliphatic heterocycles. The summed E-state index contributed by atoms with van der Waals surface area (Å²) in [5, 5.41) is 9.85. The van der Waals surface area contributed by atoms with Crippen molar-refractivity contribution in [3.05, 3.63) is 35.4 Å². The highest BCUT2D eigenvalue weighted by atomic mass is 19.4. The molecule has 4 heteroatoms. The van der Waals surface area contributed by atoms with Gasteiger partial charge in [-0.2, -0.15) is 13.2 Å².